The number of benzene rings is 2. The highest BCUT2D eigenvalue weighted by Gasteiger charge is 2.32. The summed E-state index contributed by atoms with van der Waals surface area (Å²) in [6.07, 6.45) is 4.07. The van der Waals surface area contributed by atoms with E-state index in [1.165, 1.54) is 24.4 Å². The van der Waals surface area contributed by atoms with Crippen LogP contribution in [0.5, 0.6) is 0 Å². The van der Waals surface area contributed by atoms with Gasteiger partial charge in [-0.25, -0.2) is 21.6 Å². The average Bonchev–Trinajstić information content (AvgIpc) is 3.59. The zero-order valence-electron chi connectivity index (χ0n) is 17.3. The smallest absolute Gasteiger partial charge is 0.335 e. The van der Waals surface area contributed by atoms with Gasteiger partial charge in [0.25, 0.3) is 10.0 Å². The number of hydrogen-bond donors (Lipinski definition) is 2. The van der Waals surface area contributed by atoms with Crippen molar-refractivity contribution in [3.8, 4) is 11.3 Å². The minimum atomic E-state index is -4.29. The number of carbonyl (C=O) groups is 1. The molecular formula is C22H19ClN2O6S2. The number of carboxylic acid groups (broad SMARTS) is 1. The summed E-state index contributed by atoms with van der Waals surface area (Å²) in [4.78, 5) is 15.3. The van der Waals surface area contributed by atoms with Crippen LogP contribution in [0.15, 0.2) is 64.5 Å². The molecular weight excluding hydrogens is 488 g/mol. The molecule has 1 aliphatic carbocycles. The number of sulfonamides is 1. The van der Waals surface area contributed by atoms with E-state index in [9.17, 15) is 26.7 Å². The number of aromatic carboxylic acids is 1. The Kier molecular flexibility index (Phi) is 5.94. The molecule has 1 aliphatic rings. The van der Waals surface area contributed by atoms with E-state index in [4.69, 9.17) is 11.6 Å². The standard InChI is InChI=1S/C22H19ClN2O6S2/c1-32(28,29)21-12-19(16(11-17(21)23)18-4-2-3-9-24-18)25-33(30,31)20-10-14(22(26)27)7-8-15(20)13-5-6-13/h2-4,7-13,25H,5-6H2,1H3,(H,26,27). The Labute approximate surface area is 196 Å². The van der Waals surface area contributed by atoms with Gasteiger partial charge in [-0.05, 0) is 60.7 Å². The van der Waals surface area contributed by atoms with Gasteiger partial charge in [-0.2, -0.15) is 0 Å². The van der Waals surface area contributed by atoms with Crippen LogP contribution in [0.1, 0.15) is 34.7 Å². The van der Waals surface area contributed by atoms with Crippen LogP contribution in [-0.4, -0.2) is 39.2 Å². The third-order valence-electron chi connectivity index (χ3n) is 5.22. The van der Waals surface area contributed by atoms with Crippen LogP contribution < -0.4 is 4.72 Å². The van der Waals surface area contributed by atoms with Crippen molar-refractivity contribution in [3.63, 3.8) is 0 Å². The first-order valence-corrected chi connectivity index (χ1v) is 13.6. The van der Waals surface area contributed by atoms with Gasteiger partial charge in [0.05, 0.1) is 31.8 Å². The molecule has 1 saturated carbocycles. The average molecular weight is 507 g/mol. The number of pyridine rings is 1. The third-order valence-corrected chi connectivity index (χ3v) is 8.21. The quantitative estimate of drug-likeness (QED) is 0.491. The van der Waals surface area contributed by atoms with E-state index in [-0.39, 0.29) is 37.5 Å². The highest BCUT2D eigenvalue weighted by molar-refractivity contribution is 7.93. The molecule has 172 valence electrons. The lowest BCUT2D eigenvalue weighted by molar-refractivity contribution is 0.0696. The fourth-order valence-electron chi connectivity index (χ4n) is 3.49. The molecule has 11 heteroatoms. The molecule has 2 N–H and O–H groups in total. The van der Waals surface area contributed by atoms with Crippen molar-refractivity contribution in [2.24, 2.45) is 0 Å². The number of carboxylic acids is 1. The third kappa shape index (κ3) is 4.87. The Morgan fingerprint density at radius 1 is 1.06 bits per heavy atom. The molecule has 0 aliphatic heterocycles. The SMILES string of the molecule is CS(=O)(=O)c1cc(NS(=O)(=O)c2cc(C(=O)O)ccc2C2CC2)c(-c2ccccn2)cc1Cl. The summed E-state index contributed by atoms with van der Waals surface area (Å²) >= 11 is 6.21. The molecule has 4 rings (SSSR count). The highest BCUT2D eigenvalue weighted by Crippen LogP contribution is 2.44. The van der Waals surface area contributed by atoms with E-state index in [2.05, 4.69) is 9.71 Å². The van der Waals surface area contributed by atoms with Crippen LogP contribution in [0.3, 0.4) is 0 Å². The first-order chi connectivity index (χ1) is 15.5. The van der Waals surface area contributed by atoms with Crippen LogP contribution in [0.2, 0.25) is 5.02 Å². The molecule has 8 nitrogen and oxygen atoms in total. The van der Waals surface area contributed by atoms with Crippen LogP contribution in [-0.2, 0) is 19.9 Å². The van der Waals surface area contributed by atoms with E-state index in [1.54, 1.807) is 18.2 Å². The summed E-state index contributed by atoms with van der Waals surface area (Å²) in [7, 11) is -8.06. The van der Waals surface area contributed by atoms with Crippen LogP contribution in [0.4, 0.5) is 5.69 Å². The van der Waals surface area contributed by atoms with Crippen LogP contribution in [0, 0.1) is 0 Å². The topological polar surface area (TPSA) is 130 Å². The zero-order valence-corrected chi connectivity index (χ0v) is 19.7. The number of anilines is 1. The van der Waals surface area contributed by atoms with E-state index < -0.39 is 25.8 Å². The van der Waals surface area contributed by atoms with E-state index in [0.29, 0.717) is 11.3 Å². The summed E-state index contributed by atoms with van der Waals surface area (Å²) in [5, 5.41) is 9.28. The van der Waals surface area contributed by atoms with Crippen molar-refractivity contribution < 1.29 is 26.7 Å². The Morgan fingerprint density at radius 3 is 2.36 bits per heavy atom. The maximum atomic E-state index is 13.5. The molecule has 0 unspecified atom stereocenters. The van der Waals surface area contributed by atoms with Crippen LogP contribution >= 0.6 is 11.6 Å². The van der Waals surface area contributed by atoms with Gasteiger partial charge in [0.2, 0.25) is 0 Å². The van der Waals surface area contributed by atoms with E-state index in [1.807, 2.05) is 0 Å². The predicted octanol–water partition coefficient (Wildman–Crippen LogP) is 4.18. The van der Waals surface area contributed by atoms with Gasteiger partial charge in [0, 0.05) is 18.0 Å². The number of sulfone groups is 1. The van der Waals surface area contributed by atoms with Gasteiger partial charge in [0.1, 0.15) is 0 Å². The van der Waals surface area contributed by atoms with Gasteiger partial charge >= 0.3 is 5.97 Å². The second-order valence-electron chi connectivity index (χ2n) is 7.75. The first kappa shape index (κ1) is 23.2. The number of aromatic nitrogens is 1. The van der Waals surface area contributed by atoms with Gasteiger partial charge in [-0.3, -0.25) is 9.71 Å². The first-order valence-electron chi connectivity index (χ1n) is 9.82. The number of hydrogen-bond acceptors (Lipinski definition) is 6. The molecule has 1 aromatic heterocycles. The summed E-state index contributed by atoms with van der Waals surface area (Å²) in [5.41, 5.74) is 0.959. The summed E-state index contributed by atoms with van der Waals surface area (Å²) in [5.74, 6) is -1.24. The van der Waals surface area contributed by atoms with Crippen molar-refractivity contribution in [3.05, 3.63) is 70.9 Å². The Bertz CT molecular complexity index is 1470. The molecule has 0 radical (unpaired) electrons. The number of halogens is 1. The molecule has 2 aromatic carbocycles. The molecule has 0 saturated heterocycles. The number of nitrogens with zero attached hydrogens (tertiary/aromatic N) is 1. The second kappa shape index (κ2) is 8.44. The molecule has 1 fully saturated rings. The zero-order chi connectivity index (χ0) is 24.0. The normalized spacial score (nSPS) is 14.1. The van der Waals surface area contributed by atoms with Crippen molar-refractivity contribution in [1.82, 2.24) is 4.98 Å². The fourth-order valence-corrected chi connectivity index (χ4v) is 6.21. The van der Waals surface area contributed by atoms with E-state index >= 15 is 0 Å². The molecule has 3 aromatic rings. The minimum absolute atomic E-state index is 0.0199. The summed E-state index contributed by atoms with van der Waals surface area (Å²) in [6, 6.07) is 11.5. The van der Waals surface area contributed by atoms with E-state index in [0.717, 1.165) is 31.2 Å². The monoisotopic (exact) mass is 506 g/mol. The van der Waals surface area contributed by atoms with Gasteiger partial charge in [0.15, 0.2) is 9.84 Å². The lowest BCUT2D eigenvalue weighted by Crippen LogP contribution is -2.17. The largest absolute Gasteiger partial charge is 0.478 e. The number of rotatable bonds is 7. The Hall–Kier alpha value is -2.95. The lowest BCUT2D eigenvalue weighted by atomic mass is 10.1. The minimum Gasteiger partial charge on any atom is -0.478 e. The molecule has 0 bridgehead atoms. The number of nitrogens with one attached hydrogen (secondary N) is 1. The van der Waals surface area contributed by atoms with Crippen molar-refractivity contribution >= 4 is 43.1 Å². The fraction of sp³-hybridized carbons (Fsp3) is 0.182. The molecule has 0 atom stereocenters. The highest BCUT2D eigenvalue weighted by atomic mass is 35.5. The van der Waals surface area contributed by atoms with Crippen LogP contribution in [0.25, 0.3) is 11.3 Å². The molecule has 33 heavy (non-hydrogen) atoms. The van der Waals surface area contributed by atoms with Gasteiger partial charge < -0.3 is 5.11 Å². The summed E-state index contributed by atoms with van der Waals surface area (Å²) in [6.45, 7) is 0. The maximum Gasteiger partial charge on any atom is 0.335 e. The predicted molar refractivity (Wildman–Crippen MR) is 124 cm³/mol. The molecule has 1 heterocycles. The summed E-state index contributed by atoms with van der Waals surface area (Å²) < 4.78 is 53.8. The van der Waals surface area contributed by atoms with Gasteiger partial charge in [-0.15, -0.1) is 0 Å². The lowest BCUT2D eigenvalue weighted by Gasteiger charge is -2.17. The van der Waals surface area contributed by atoms with Crippen molar-refractivity contribution in [1.29, 1.82) is 0 Å². The van der Waals surface area contributed by atoms with Crippen molar-refractivity contribution in [2.75, 3.05) is 11.0 Å². The molecule has 0 spiro atoms. The molecule has 0 amide bonds. The second-order valence-corrected chi connectivity index (χ2v) is 11.8. The Balaban J connectivity index is 1.89. The van der Waals surface area contributed by atoms with Crippen molar-refractivity contribution in [2.45, 2.75) is 28.6 Å². The Morgan fingerprint density at radius 2 is 1.79 bits per heavy atom. The van der Waals surface area contributed by atoms with Gasteiger partial charge in [-0.1, -0.05) is 23.7 Å². The maximum absolute atomic E-state index is 13.5.